The molecule has 1 unspecified atom stereocenters. The van der Waals surface area contributed by atoms with Crippen LogP contribution in [0.25, 0.3) is 6.08 Å². The molecule has 0 heterocycles. The summed E-state index contributed by atoms with van der Waals surface area (Å²) < 4.78 is 0.630. The molecule has 116 valence electrons. The van der Waals surface area contributed by atoms with Crippen LogP contribution in [0.15, 0.2) is 65.8 Å². The van der Waals surface area contributed by atoms with Gasteiger partial charge in [0.1, 0.15) is 0 Å². The lowest BCUT2D eigenvalue weighted by molar-refractivity contribution is 0.799. The van der Waals surface area contributed by atoms with E-state index in [0.717, 1.165) is 6.42 Å². The molecule has 1 heteroatoms. The zero-order valence-corrected chi connectivity index (χ0v) is 15.7. The standard InChI is InChI=1S/C21H25I/c1-3-6-21(22)20-15-13-19(14-16-20)12-11-18-8-5-4-7-17(2)9-10-18/h5,8-16,21H,3-4,6-7H2,1-2H3/b8-5-,12-11+,17-9-,18-10+. The van der Waals surface area contributed by atoms with Crippen molar-refractivity contribution in [2.45, 2.75) is 43.5 Å². The molecule has 1 aliphatic carbocycles. The second-order valence-electron chi connectivity index (χ2n) is 5.88. The fourth-order valence-electron chi connectivity index (χ4n) is 2.45. The average Bonchev–Trinajstić information content (AvgIpc) is 2.51. The van der Waals surface area contributed by atoms with Crippen molar-refractivity contribution >= 4 is 28.7 Å². The largest absolute Gasteiger partial charge is 0.0836 e. The van der Waals surface area contributed by atoms with Gasteiger partial charge >= 0.3 is 0 Å². The third-order valence-corrected chi connectivity index (χ3v) is 5.23. The fourth-order valence-corrected chi connectivity index (χ4v) is 3.49. The molecular formula is C21H25I. The van der Waals surface area contributed by atoms with Crippen LogP contribution in [0.1, 0.15) is 54.6 Å². The molecule has 1 aromatic rings. The van der Waals surface area contributed by atoms with Crippen LogP contribution >= 0.6 is 22.6 Å². The third kappa shape index (κ3) is 5.60. The van der Waals surface area contributed by atoms with Crippen LogP contribution in [0.5, 0.6) is 0 Å². The monoisotopic (exact) mass is 404 g/mol. The van der Waals surface area contributed by atoms with E-state index in [1.54, 1.807) is 0 Å². The van der Waals surface area contributed by atoms with E-state index < -0.39 is 0 Å². The van der Waals surface area contributed by atoms with Gasteiger partial charge in [-0.25, -0.2) is 0 Å². The zero-order chi connectivity index (χ0) is 15.8. The van der Waals surface area contributed by atoms with Crippen molar-refractivity contribution in [3.05, 3.63) is 76.9 Å². The van der Waals surface area contributed by atoms with Gasteiger partial charge in [-0.15, -0.1) is 0 Å². The molecule has 22 heavy (non-hydrogen) atoms. The Hall–Kier alpha value is -1.09. The first kappa shape index (κ1) is 17.3. The Morgan fingerprint density at radius 2 is 1.91 bits per heavy atom. The first-order valence-electron chi connectivity index (χ1n) is 8.15. The molecule has 0 radical (unpaired) electrons. The van der Waals surface area contributed by atoms with Gasteiger partial charge in [0.2, 0.25) is 0 Å². The highest BCUT2D eigenvalue weighted by atomic mass is 127. The average molecular weight is 404 g/mol. The number of hydrogen-bond donors (Lipinski definition) is 0. The Balaban J connectivity index is 2.06. The van der Waals surface area contributed by atoms with Gasteiger partial charge in [-0.3, -0.25) is 0 Å². The Morgan fingerprint density at radius 3 is 2.64 bits per heavy atom. The third-order valence-electron chi connectivity index (χ3n) is 3.88. The minimum absolute atomic E-state index is 0.630. The van der Waals surface area contributed by atoms with Crippen molar-refractivity contribution in [3.63, 3.8) is 0 Å². The number of benzene rings is 1. The molecule has 2 rings (SSSR count). The SMILES string of the molecule is CCCC(I)c1ccc(/C=C/C2=C/C=C(/C)CC/C=C\2)cc1. The minimum atomic E-state index is 0.630. The van der Waals surface area contributed by atoms with Crippen molar-refractivity contribution < 1.29 is 0 Å². The molecular weight excluding hydrogens is 379 g/mol. The zero-order valence-electron chi connectivity index (χ0n) is 13.6. The summed E-state index contributed by atoms with van der Waals surface area (Å²) in [5.74, 6) is 0. The summed E-state index contributed by atoms with van der Waals surface area (Å²) in [6.45, 7) is 4.45. The molecule has 1 atom stereocenters. The second-order valence-corrected chi connectivity index (χ2v) is 7.38. The molecule has 0 saturated carbocycles. The van der Waals surface area contributed by atoms with Crippen LogP contribution in [0.4, 0.5) is 0 Å². The van der Waals surface area contributed by atoms with Gasteiger partial charge in [-0.1, -0.05) is 102 Å². The van der Waals surface area contributed by atoms with E-state index >= 15 is 0 Å². The highest BCUT2D eigenvalue weighted by Gasteiger charge is 2.04. The van der Waals surface area contributed by atoms with Crippen LogP contribution in [0, 0.1) is 0 Å². The van der Waals surface area contributed by atoms with Crippen molar-refractivity contribution in [2.24, 2.45) is 0 Å². The van der Waals surface area contributed by atoms with Crippen molar-refractivity contribution in [2.75, 3.05) is 0 Å². The van der Waals surface area contributed by atoms with Gasteiger partial charge in [0.25, 0.3) is 0 Å². The normalized spacial score (nSPS) is 23.0. The Kier molecular flexibility index (Phi) is 7.17. The lowest BCUT2D eigenvalue weighted by Gasteiger charge is -2.08. The summed E-state index contributed by atoms with van der Waals surface area (Å²) >= 11 is 2.54. The van der Waals surface area contributed by atoms with Crippen LogP contribution in [-0.2, 0) is 0 Å². The summed E-state index contributed by atoms with van der Waals surface area (Å²) in [4.78, 5) is 0. The molecule has 1 aliphatic rings. The summed E-state index contributed by atoms with van der Waals surface area (Å²) in [5, 5.41) is 0. The van der Waals surface area contributed by atoms with Crippen LogP contribution in [0.2, 0.25) is 0 Å². The molecule has 0 saturated heterocycles. The van der Waals surface area contributed by atoms with Gasteiger partial charge in [-0.05, 0) is 42.9 Å². The quantitative estimate of drug-likeness (QED) is 0.360. The molecule has 0 N–H and O–H groups in total. The van der Waals surface area contributed by atoms with Crippen LogP contribution in [-0.4, -0.2) is 0 Å². The molecule has 0 amide bonds. The maximum atomic E-state index is 2.54. The van der Waals surface area contributed by atoms with E-state index in [4.69, 9.17) is 0 Å². The Morgan fingerprint density at radius 1 is 1.14 bits per heavy atom. The van der Waals surface area contributed by atoms with E-state index in [1.165, 1.54) is 41.5 Å². The number of allylic oxidation sites excluding steroid dienone is 7. The predicted molar refractivity (Wildman–Crippen MR) is 107 cm³/mol. The highest BCUT2D eigenvalue weighted by molar-refractivity contribution is 14.1. The van der Waals surface area contributed by atoms with E-state index in [9.17, 15) is 0 Å². The van der Waals surface area contributed by atoms with Crippen molar-refractivity contribution in [1.82, 2.24) is 0 Å². The molecule has 0 aliphatic heterocycles. The number of rotatable bonds is 5. The van der Waals surface area contributed by atoms with Gasteiger partial charge in [0.05, 0.1) is 0 Å². The second kappa shape index (κ2) is 9.14. The van der Waals surface area contributed by atoms with Crippen LogP contribution < -0.4 is 0 Å². The lowest BCUT2D eigenvalue weighted by atomic mass is 10.0. The summed E-state index contributed by atoms with van der Waals surface area (Å²) in [5.41, 5.74) is 5.41. The minimum Gasteiger partial charge on any atom is -0.0836 e. The first-order chi connectivity index (χ1) is 10.7. The maximum absolute atomic E-state index is 2.54. The molecule has 0 aromatic heterocycles. The molecule has 0 spiro atoms. The molecule has 0 bridgehead atoms. The molecule has 0 nitrogen and oxygen atoms in total. The number of alkyl halides is 1. The smallest absolute Gasteiger partial charge is 0.0359 e. The van der Waals surface area contributed by atoms with Crippen molar-refractivity contribution in [1.29, 1.82) is 0 Å². The lowest BCUT2D eigenvalue weighted by Crippen LogP contribution is -1.88. The summed E-state index contributed by atoms with van der Waals surface area (Å²) in [7, 11) is 0. The number of halogens is 1. The summed E-state index contributed by atoms with van der Waals surface area (Å²) in [6.07, 6.45) is 18.1. The Labute approximate surface area is 148 Å². The maximum Gasteiger partial charge on any atom is 0.0359 e. The topological polar surface area (TPSA) is 0 Å². The molecule has 1 aromatic carbocycles. The van der Waals surface area contributed by atoms with Gasteiger partial charge in [0.15, 0.2) is 0 Å². The van der Waals surface area contributed by atoms with Gasteiger partial charge < -0.3 is 0 Å². The first-order valence-corrected chi connectivity index (χ1v) is 9.39. The Bertz CT molecular complexity index is 585. The van der Waals surface area contributed by atoms with Crippen molar-refractivity contribution in [3.8, 4) is 0 Å². The van der Waals surface area contributed by atoms with E-state index in [1.807, 2.05) is 0 Å². The van der Waals surface area contributed by atoms with E-state index in [2.05, 4.69) is 97.2 Å². The fraction of sp³-hybridized carbons (Fsp3) is 0.333. The number of hydrogen-bond acceptors (Lipinski definition) is 0. The van der Waals surface area contributed by atoms with Crippen LogP contribution in [0.3, 0.4) is 0 Å². The highest BCUT2D eigenvalue weighted by Crippen LogP contribution is 2.28. The van der Waals surface area contributed by atoms with Gasteiger partial charge in [-0.2, -0.15) is 0 Å². The molecule has 0 fully saturated rings. The van der Waals surface area contributed by atoms with E-state index in [0.29, 0.717) is 3.92 Å². The summed E-state index contributed by atoms with van der Waals surface area (Å²) in [6, 6.07) is 8.97. The van der Waals surface area contributed by atoms with E-state index in [-0.39, 0.29) is 0 Å². The predicted octanol–water partition coefficient (Wildman–Crippen LogP) is 7.20. The van der Waals surface area contributed by atoms with Gasteiger partial charge in [0, 0.05) is 3.92 Å².